The number of anilines is 1. The molecule has 1 aliphatic rings. The van der Waals surface area contributed by atoms with Crippen molar-refractivity contribution in [3.8, 4) is 39.1 Å². The van der Waals surface area contributed by atoms with Crippen LogP contribution in [0.5, 0.6) is 5.75 Å². The second-order valence-corrected chi connectivity index (χ2v) is 9.97. The van der Waals surface area contributed by atoms with Gasteiger partial charge in [0.05, 0.1) is 12.0 Å². The summed E-state index contributed by atoms with van der Waals surface area (Å²) in [6, 6.07) is 29.5. The number of methoxy groups -OCH3 is 1. The van der Waals surface area contributed by atoms with Crippen molar-refractivity contribution in [3.63, 3.8) is 0 Å². The van der Waals surface area contributed by atoms with Crippen LogP contribution < -0.4 is 10.5 Å². The molecule has 37 heavy (non-hydrogen) atoms. The summed E-state index contributed by atoms with van der Waals surface area (Å²) in [6.45, 7) is 4.50. The van der Waals surface area contributed by atoms with Crippen molar-refractivity contribution >= 4 is 22.1 Å². The van der Waals surface area contributed by atoms with E-state index in [4.69, 9.17) is 10.5 Å². The maximum absolute atomic E-state index is 11.3. The number of ether oxygens (including phenoxy) is 1. The van der Waals surface area contributed by atoms with E-state index >= 15 is 0 Å². The van der Waals surface area contributed by atoms with Gasteiger partial charge in [0.2, 0.25) is 0 Å². The number of hydrogen-bond donors (Lipinski definition) is 1. The van der Waals surface area contributed by atoms with Crippen LogP contribution in [0.25, 0.3) is 44.2 Å². The zero-order chi connectivity index (χ0) is 25.9. The molecule has 2 N–H and O–H groups in total. The number of benzene rings is 5. The number of fused-ring (bicyclic) bond motifs is 4. The zero-order valence-electron chi connectivity index (χ0n) is 20.9. The standard InChI is InChI=1S/C32H26N2O3/c1-32(2)27-11-7-6-9-22(27)26-18-25(19-12-14-20(15-13-19)34(35)36)31(33)29(30(26)32)24-16-17-28(37-3)23-10-5-4-8-21(23)24/h4-18H,33H2,1-3H3. The fraction of sp³-hybridized carbons (Fsp3) is 0.125. The van der Waals surface area contributed by atoms with Crippen LogP contribution in [-0.2, 0) is 5.41 Å². The van der Waals surface area contributed by atoms with Crippen LogP contribution in [0.2, 0.25) is 0 Å². The Morgan fingerprint density at radius 2 is 1.46 bits per heavy atom. The summed E-state index contributed by atoms with van der Waals surface area (Å²) in [5, 5.41) is 13.3. The lowest BCUT2D eigenvalue weighted by Crippen LogP contribution is -2.17. The van der Waals surface area contributed by atoms with Gasteiger partial charge in [-0.2, -0.15) is 0 Å². The molecule has 0 spiro atoms. The third-order valence-corrected chi connectivity index (χ3v) is 7.65. The largest absolute Gasteiger partial charge is 0.496 e. The van der Waals surface area contributed by atoms with Gasteiger partial charge in [0, 0.05) is 39.7 Å². The summed E-state index contributed by atoms with van der Waals surface area (Å²) in [7, 11) is 1.68. The fourth-order valence-corrected chi connectivity index (χ4v) is 5.91. The van der Waals surface area contributed by atoms with Crippen molar-refractivity contribution in [2.45, 2.75) is 19.3 Å². The number of nitrogens with two attached hydrogens (primary N) is 1. The summed E-state index contributed by atoms with van der Waals surface area (Å²) in [5.74, 6) is 0.809. The number of nitrogens with zero attached hydrogens (tertiary/aromatic N) is 1. The molecule has 0 aromatic heterocycles. The maximum Gasteiger partial charge on any atom is 0.269 e. The molecular formula is C32H26N2O3. The summed E-state index contributed by atoms with van der Waals surface area (Å²) in [5.41, 5.74) is 16.0. The number of rotatable bonds is 4. The fourth-order valence-electron chi connectivity index (χ4n) is 5.91. The van der Waals surface area contributed by atoms with E-state index < -0.39 is 0 Å². The minimum Gasteiger partial charge on any atom is -0.496 e. The Morgan fingerprint density at radius 3 is 2.16 bits per heavy atom. The van der Waals surface area contributed by atoms with E-state index in [9.17, 15) is 10.1 Å². The number of non-ortho nitro benzene ring substituents is 1. The Morgan fingerprint density at radius 1 is 0.784 bits per heavy atom. The zero-order valence-corrected chi connectivity index (χ0v) is 20.9. The molecule has 0 fully saturated rings. The van der Waals surface area contributed by atoms with Crippen molar-refractivity contribution in [1.29, 1.82) is 0 Å². The van der Waals surface area contributed by atoms with Gasteiger partial charge in [-0.05, 0) is 69.1 Å². The third-order valence-electron chi connectivity index (χ3n) is 7.65. The van der Waals surface area contributed by atoms with Crippen molar-refractivity contribution < 1.29 is 9.66 Å². The van der Waals surface area contributed by atoms with Crippen LogP contribution in [0.4, 0.5) is 11.4 Å². The molecule has 0 atom stereocenters. The Labute approximate surface area is 215 Å². The molecule has 182 valence electrons. The van der Waals surface area contributed by atoms with Crippen molar-refractivity contribution in [1.82, 2.24) is 0 Å². The highest BCUT2D eigenvalue weighted by atomic mass is 16.6. The van der Waals surface area contributed by atoms with Gasteiger partial charge >= 0.3 is 0 Å². The lowest BCUT2D eigenvalue weighted by atomic mass is 9.76. The second-order valence-electron chi connectivity index (χ2n) is 9.97. The summed E-state index contributed by atoms with van der Waals surface area (Å²) in [4.78, 5) is 10.9. The molecule has 5 heteroatoms. The number of hydrogen-bond acceptors (Lipinski definition) is 4. The minimum atomic E-state index is -0.385. The molecule has 0 saturated heterocycles. The molecule has 5 aromatic carbocycles. The monoisotopic (exact) mass is 486 g/mol. The number of nitro benzene ring substituents is 1. The van der Waals surface area contributed by atoms with Crippen LogP contribution >= 0.6 is 0 Å². The Kier molecular flexibility index (Phi) is 5.06. The lowest BCUT2D eigenvalue weighted by molar-refractivity contribution is -0.384. The predicted molar refractivity (Wildman–Crippen MR) is 150 cm³/mol. The molecule has 0 unspecified atom stereocenters. The van der Waals surface area contributed by atoms with Gasteiger partial charge < -0.3 is 10.5 Å². The van der Waals surface area contributed by atoms with Gasteiger partial charge in [-0.15, -0.1) is 0 Å². The molecule has 5 aromatic rings. The van der Waals surface area contributed by atoms with Gasteiger partial charge in [-0.25, -0.2) is 0 Å². The first-order valence-electron chi connectivity index (χ1n) is 12.2. The van der Waals surface area contributed by atoms with Crippen molar-refractivity contribution in [2.75, 3.05) is 12.8 Å². The predicted octanol–water partition coefficient (Wildman–Crippen LogP) is 7.98. The van der Waals surface area contributed by atoms with Gasteiger partial charge in [0.25, 0.3) is 5.69 Å². The van der Waals surface area contributed by atoms with E-state index in [1.54, 1.807) is 19.2 Å². The van der Waals surface area contributed by atoms with E-state index in [1.165, 1.54) is 28.8 Å². The van der Waals surface area contributed by atoms with Gasteiger partial charge in [0.15, 0.2) is 0 Å². The molecule has 0 radical (unpaired) electrons. The average Bonchev–Trinajstić information content (AvgIpc) is 3.14. The van der Waals surface area contributed by atoms with Gasteiger partial charge in [-0.1, -0.05) is 62.4 Å². The highest BCUT2D eigenvalue weighted by Gasteiger charge is 2.39. The molecule has 0 aliphatic heterocycles. The van der Waals surface area contributed by atoms with Crippen molar-refractivity contribution in [3.05, 3.63) is 112 Å². The van der Waals surface area contributed by atoms with Gasteiger partial charge in [-0.3, -0.25) is 10.1 Å². The number of nitro groups is 1. The summed E-state index contributed by atoms with van der Waals surface area (Å²) in [6.07, 6.45) is 0. The highest BCUT2D eigenvalue weighted by molar-refractivity contribution is 6.08. The molecule has 5 nitrogen and oxygen atoms in total. The maximum atomic E-state index is 11.3. The van der Waals surface area contributed by atoms with Crippen molar-refractivity contribution in [2.24, 2.45) is 0 Å². The highest BCUT2D eigenvalue weighted by Crippen LogP contribution is 2.56. The van der Waals surface area contributed by atoms with Gasteiger partial charge in [0.1, 0.15) is 5.75 Å². The first kappa shape index (κ1) is 22.8. The van der Waals surface area contributed by atoms with Crippen LogP contribution in [0.15, 0.2) is 91.0 Å². The first-order chi connectivity index (χ1) is 17.8. The molecule has 0 saturated carbocycles. The molecular weight excluding hydrogens is 460 g/mol. The van der Waals surface area contributed by atoms with E-state index in [2.05, 4.69) is 62.4 Å². The van der Waals surface area contributed by atoms with E-state index in [1.807, 2.05) is 18.2 Å². The Balaban J connectivity index is 1.73. The molecule has 0 heterocycles. The van der Waals surface area contributed by atoms with Crippen LogP contribution in [-0.4, -0.2) is 12.0 Å². The van der Waals surface area contributed by atoms with Crippen LogP contribution in [0, 0.1) is 10.1 Å². The normalized spacial score (nSPS) is 13.3. The number of nitrogen functional groups attached to an aromatic ring is 1. The van der Waals surface area contributed by atoms with Crippen LogP contribution in [0.3, 0.4) is 0 Å². The summed E-state index contributed by atoms with van der Waals surface area (Å²) >= 11 is 0. The molecule has 1 aliphatic carbocycles. The molecule has 6 rings (SSSR count). The average molecular weight is 487 g/mol. The lowest BCUT2D eigenvalue weighted by Gasteiger charge is -2.27. The third kappa shape index (κ3) is 3.31. The van der Waals surface area contributed by atoms with E-state index in [0.29, 0.717) is 5.69 Å². The van der Waals surface area contributed by atoms with E-state index in [0.717, 1.165) is 44.3 Å². The SMILES string of the molecule is COc1ccc(-c2c(N)c(-c3ccc([N+](=O)[O-])cc3)cc3c2C(C)(C)c2ccccc2-3)c2ccccc12. The topological polar surface area (TPSA) is 78.4 Å². The quantitative estimate of drug-likeness (QED) is 0.159. The molecule has 0 amide bonds. The van der Waals surface area contributed by atoms with E-state index in [-0.39, 0.29) is 16.0 Å². The first-order valence-corrected chi connectivity index (χ1v) is 12.2. The Hall–Kier alpha value is -4.64. The second kappa shape index (κ2) is 8.20. The van der Waals surface area contributed by atoms with Crippen LogP contribution in [0.1, 0.15) is 25.0 Å². The Bertz CT molecular complexity index is 1720. The summed E-state index contributed by atoms with van der Waals surface area (Å²) < 4.78 is 5.67. The smallest absolute Gasteiger partial charge is 0.269 e. The molecule has 0 bridgehead atoms. The minimum absolute atomic E-state index is 0.0522.